The molecule has 0 amide bonds. The first-order chi connectivity index (χ1) is 11.4. The summed E-state index contributed by atoms with van der Waals surface area (Å²) >= 11 is 0. The highest BCUT2D eigenvalue weighted by atomic mass is 16.5. The van der Waals surface area contributed by atoms with Crippen molar-refractivity contribution in [2.45, 2.75) is 0 Å². The SMILES string of the molecule is [c]1ccccc1-c1nnnn1-c1ccccc1N1CCOCC1. The minimum absolute atomic E-state index is 0.686. The zero-order valence-electron chi connectivity index (χ0n) is 12.6. The molecule has 1 saturated heterocycles. The standard InChI is InChI=1S/C17H16N5O/c1-2-6-14(7-3-1)17-18-19-20-22(17)16-9-5-4-8-15(16)21-10-12-23-13-11-21/h1-6,8-9H,10-13H2. The number of rotatable bonds is 3. The lowest BCUT2D eigenvalue weighted by molar-refractivity contribution is 0.122. The summed E-state index contributed by atoms with van der Waals surface area (Å²) in [4.78, 5) is 2.30. The van der Waals surface area contributed by atoms with Crippen molar-refractivity contribution in [1.29, 1.82) is 0 Å². The van der Waals surface area contributed by atoms with Crippen molar-refractivity contribution in [3.8, 4) is 17.1 Å². The van der Waals surface area contributed by atoms with Crippen LogP contribution in [-0.2, 0) is 4.74 Å². The molecular formula is C17H16N5O. The van der Waals surface area contributed by atoms with E-state index >= 15 is 0 Å². The van der Waals surface area contributed by atoms with Gasteiger partial charge in [-0.1, -0.05) is 36.4 Å². The third-order valence-electron chi connectivity index (χ3n) is 3.88. The van der Waals surface area contributed by atoms with E-state index in [9.17, 15) is 0 Å². The summed E-state index contributed by atoms with van der Waals surface area (Å²) in [6, 6.07) is 19.1. The Morgan fingerprint density at radius 2 is 1.74 bits per heavy atom. The van der Waals surface area contributed by atoms with Crippen LogP contribution in [0.4, 0.5) is 5.69 Å². The molecule has 0 atom stereocenters. The second-order valence-electron chi connectivity index (χ2n) is 5.28. The third-order valence-corrected chi connectivity index (χ3v) is 3.88. The van der Waals surface area contributed by atoms with Crippen molar-refractivity contribution >= 4 is 5.69 Å². The highest BCUT2D eigenvalue weighted by molar-refractivity contribution is 5.66. The van der Waals surface area contributed by atoms with Gasteiger partial charge in [0.05, 0.1) is 24.6 Å². The van der Waals surface area contributed by atoms with Crippen molar-refractivity contribution in [3.63, 3.8) is 0 Å². The minimum Gasteiger partial charge on any atom is -0.378 e. The Kier molecular flexibility index (Phi) is 3.73. The van der Waals surface area contributed by atoms with Gasteiger partial charge in [0.2, 0.25) is 0 Å². The monoisotopic (exact) mass is 306 g/mol. The molecule has 2 heterocycles. The summed E-state index contributed by atoms with van der Waals surface area (Å²) in [5.74, 6) is 0.686. The summed E-state index contributed by atoms with van der Waals surface area (Å²) in [6.45, 7) is 3.21. The largest absolute Gasteiger partial charge is 0.378 e. The van der Waals surface area contributed by atoms with Crippen LogP contribution >= 0.6 is 0 Å². The van der Waals surface area contributed by atoms with Crippen LogP contribution in [-0.4, -0.2) is 46.5 Å². The molecule has 23 heavy (non-hydrogen) atoms. The zero-order valence-corrected chi connectivity index (χ0v) is 12.6. The van der Waals surface area contributed by atoms with Gasteiger partial charge in [-0.15, -0.1) is 5.10 Å². The predicted molar refractivity (Wildman–Crippen MR) is 86.5 cm³/mol. The number of hydrogen-bond acceptors (Lipinski definition) is 5. The fourth-order valence-corrected chi connectivity index (χ4v) is 2.76. The van der Waals surface area contributed by atoms with Gasteiger partial charge in [-0.05, 0) is 28.6 Å². The number of nitrogens with zero attached hydrogens (tertiary/aromatic N) is 5. The molecular weight excluding hydrogens is 290 g/mol. The van der Waals surface area contributed by atoms with E-state index in [2.05, 4.69) is 32.6 Å². The predicted octanol–water partition coefficient (Wildman–Crippen LogP) is 1.97. The molecule has 0 unspecified atom stereocenters. The van der Waals surface area contributed by atoms with E-state index in [1.54, 1.807) is 4.68 Å². The molecule has 6 nitrogen and oxygen atoms in total. The number of aromatic nitrogens is 4. The van der Waals surface area contributed by atoms with E-state index in [0.717, 1.165) is 43.2 Å². The number of anilines is 1. The summed E-state index contributed by atoms with van der Waals surface area (Å²) in [6.07, 6.45) is 0. The number of para-hydroxylation sites is 2. The summed E-state index contributed by atoms with van der Waals surface area (Å²) in [5, 5.41) is 12.2. The Hall–Kier alpha value is -2.73. The van der Waals surface area contributed by atoms with Crippen LogP contribution in [0.15, 0.2) is 48.5 Å². The van der Waals surface area contributed by atoms with Crippen molar-refractivity contribution in [2.24, 2.45) is 0 Å². The van der Waals surface area contributed by atoms with Crippen molar-refractivity contribution < 1.29 is 4.74 Å². The van der Waals surface area contributed by atoms with Gasteiger partial charge in [-0.3, -0.25) is 0 Å². The summed E-state index contributed by atoms with van der Waals surface area (Å²) < 4.78 is 7.23. The van der Waals surface area contributed by atoms with Crippen molar-refractivity contribution in [2.75, 3.05) is 31.2 Å². The number of tetrazole rings is 1. The molecule has 0 spiro atoms. The first-order valence-electron chi connectivity index (χ1n) is 7.61. The second kappa shape index (κ2) is 6.18. The number of benzene rings is 2. The molecule has 115 valence electrons. The van der Waals surface area contributed by atoms with Crippen LogP contribution in [0.5, 0.6) is 0 Å². The van der Waals surface area contributed by atoms with Crippen LogP contribution < -0.4 is 4.90 Å². The molecule has 0 aliphatic carbocycles. The summed E-state index contributed by atoms with van der Waals surface area (Å²) in [7, 11) is 0. The second-order valence-corrected chi connectivity index (χ2v) is 5.28. The van der Waals surface area contributed by atoms with Crippen LogP contribution in [0, 0.1) is 6.07 Å². The molecule has 1 aliphatic rings. The lowest BCUT2D eigenvalue weighted by atomic mass is 10.2. The van der Waals surface area contributed by atoms with Gasteiger partial charge in [-0.2, -0.15) is 4.68 Å². The maximum atomic E-state index is 5.45. The van der Waals surface area contributed by atoms with E-state index in [0.29, 0.717) is 5.82 Å². The van der Waals surface area contributed by atoms with E-state index in [4.69, 9.17) is 4.74 Å². The molecule has 4 rings (SSSR count). The van der Waals surface area contributed by atoms with Gasteiger partial charge in [0.15, 0.2) is 5.82 Å². The minimum atomic E-state index is 0.686. The molecule has 1 radical (unpaired) electrons. The van der Waals surface area contributed by atoms with E-state index < -0.39 is 0 Å². The van der Waals surface area contributed by atoms with Crippen molar-refractivity contribution in [1.82, 2.24) is 20.2 Å². The number of ether oxygens (including phenoxy) is 1. The quantitative estimate of drug-likeness (QED) is 0.740. The maximum absolute atomic E-state index is 5.45. The van der Waals surface area contributed by atoms with Crippen LogP contribution in [0.1, 0.15) is 0 Å². The Labute approximate surface area is 134 Å². The van der Waals surface area contributed by atoms with Gasteiger partial charge in [0, 0.05) is 18.7 Å². The molecule has 6 heteroatoms. The Morgan fingerprint density at radius 3 is 2.52 bits per heavy atom. The van der Waals surface area contributed by atoms with Crippen LogP contribution in [0.3, 0.4) is 0 Å². The Balaban J connectivity index is 1.79. The van der Waals surface area contributed by atoms with Gasteiger partial charge in [0.25, 0.3) is 0 Å². The topological polar surface area (TPSA) is 56.1 Å². The smallest absolute Gasteiger partial charge is 0.187 e. The van der Waals surface area contributed by atoms with Crippen molar-refractivity contribution in [3.05, 3.63) is 54.6 Å². The molecule has 3 aromatic rings. The van der Waals surface area contributed by atoms with Crippen LogP contribution in [0.2, 0.25) is 0 Å². The molecule has 1 aliphatic heterocycles. The first-order valence-corrected chi connectivity index (χ1v) is 7.61. The maximum Gasteiger partial charge on any atom is 0.187 e. The molecule has 0 N–H and O–H groups in total. The average Bonchev–Trinajstić information content (AvgIpc) is 3.13. The molecule has 0 saturated carbocycles. The third kappa shape index (κ3) is 2.68. The number of morpholine rings is 1. The number of hydrogen-bond donors (Lipinski definition) is 0. The average molecular weight is 306 g/mol. The molecule has 0 bridgehead atoms. The van der Waals surface area contributed by atoms with Gasteiger partial charge < -0.3 is 9.64 Å². The first kappa shape index (κ1) is 13.9. The lowest BCUT2D eigenvalue weighted by Gasteiger charge is -2.30. The van der Waals surface area contributed by atoms with Gasteiger partial charge in [-0.25, -0.2) is 0 Å². The van der Waals surface area contributed by atoms with E-state index in [1.807, 2.05) is 42.5 Å². The van der Waals surface area contributed by atoms with Gasteiger partial charge >= 0.3 is 0 Å². The van der Waals surface area contributed by atoms with Crippen LogP contribution in [0.25, 0.3) is 17.1 Å². The Bertz CT molecular complexity index is 780. The molecule has 1 fully saturated rings. The lowest BCUT2D eigenvalue weighted by Crippen LogP contribution is -2.36. The highest BCUT2D eigenvalue weighted by Crippen LogP contribution is 2.27. The highest BCUT2D eigenvalue weighted by Gasteiger charge is 2.18. The van der Waals surface area contributed by atoms with E-state index in [-0.39, 0.29) is 0 Å². The zero-order chi connectivity index (χ0) is 15.5. The van der Waals surface area contributed by atoms with Gasteiger partial charge in [0.1, 0.15) is 0 Å². The summed E-state index contributed by atoms with van der Waals surface area (Å²) in [5.41, 5.74) is 2.95. The van der Waals surface area contributed by atoms with E-state index in [1.165, 1.54) is 0 Å². The fourth-order valence-electron chi connectivity index (χ4n) is 2.76. The fraction of sp³-hybridized carbons (Fsp3) is 0.235. The normalized spacial score (nSPS) is 14.9. The molecule has 1 aromatic heterocycles. The Morgan fingerprint density at radius 1 is 0.957 bits per heavy atom. The molecule has 2 aromatic carbocycles.